The molecule has 4 rings (SSSR count). The van der Waals surface area contributed by atoms with E-state index in [4.69, 9.17) is 16.2 Å². The number of hydrogen-bond acceptors (Lipinski definition) is 5. The lowest BCUT2D eigenvalue weighted by molar-refractivity contribution is -0.274. The van der Waals surface area contributed by atoms with Crippen molar-refractivity contribution in [2.75, 3.05) is 13.1 Å². The number of ether oxygens (including phenoxy) is 2. The number of hydrogen-bond donors (Lipinski definition) is 2. The topological polar surface area (TPSA) is 108 Å². The number of rotatable bonds is 8. The SMILES string of the molecule is NCc1ccc(-c2ccc(OC3CCN(C(=O)Cc4ccc(OC(F)(F)F)cc4)CC3)c(C(N)=O)c2)cc1. The molecule has 0 saturated carbocycles. The van der Waals surface area contributed by atoms with Gasteiger partial charge in [0.2, 0.25) is 5.91 Å². The minimum Gasteiger partial charge on any atom is -0.489 e. The van der Waals surface area contributed by atoms with Gasteiger partial charge < -0.3 is 25.8 Å². The number of nitrogens with zero attached hydrogens (tertiary/aromatic N) is 1. The molecule has 0 atom stereocenters. The first kappa shape index (κ1) is 27.0. The number of piperidine rings is 1. The second-order valence-corrected chi connectivity index (χ2v) is 9.04. The molecule has 0 aromatic heterocycles. The molecule has 1 fully saturated rings. The molecule has 0 unspecified atom stereocenters. The van der Waals surface area contributed by atoms with Crippen LogP contribution in [0.3, 0.4) is 0 Å². The van der Waals surface area contributed by atoms with Gasteiger partial charge in [-0.3, -0.25) is 9.59 Å². The van der Waals surface area contributed by atoms with Crippen LogP contribution >= 0.6 is 0 Å². The van der Waals surface area contributed by atoms with Crippen molar-refractivity contribution in [3.63, 3.8) is 0 Å². The first-order valence-electron chi connectivity index (χ1n) is 12.1. The molecule has 1 heterocycles. The van der Waals surface area contributed by atoms with Crippen LogP contribution in [0.1, 0.15) is 34.3 Å². The Kier molecular flexibility index (Phi) is 8.21. The van der Waals surface area contributed by atoms with E-state index in [1.807, 2.05) is 30.3 Å². The molecule has 7 nitrogen and oxygen atoms in total. The van der Waals surface area contributed by atoms with Crippen LogP contribution in [0.5, 0.6) is 11.5 Å². The molecule has 3 aromatic carbocycles. The number of primary amides is 1. The largest absolute Gasteiger partial charge is 0.573 e. The van der Waals surface area contributed by atoms with Gasteiger partial charge in [-0.25, -0.2) is 0 Å². The van der Waals surface area contributed by atoms with Crippen molar-refractivity contribution in [3.8, 4) is 22.6 Å². The summed E-state index contributed by atoms with van der Waals surface area (Å²) in [5.74, 6) is -0.666. The fourth-order valence-corrected chi connectivity index (χ4v) is 4.34. The molecular weight excluding hydrogens is 499 g/mol. The molecule has 2 amide bonds. The van der Waals surface area contributed by atoms with Crippen LogP contribution in [0, 0.1) is 0 Å². The summed E-state index contributed by atoms with van der Waals surface area (Å²) in [6.07, 6.45) is -3.78. The molecule has 1 aliphatic rings. The Balaban J connectivity index is 1.33. The second-order valence-electron chi connectivity index (χ2n) is 9.04. The predicted octanol–water partition coefficient (Wildman–Crippen LogP) is 4.42. The number of amides is 2. The average Bonchev–Trinajstić information content (AvgIpc) is 2.89. The molecule has 0 bridgehead atoms. The number of carbonyl (C=O) groups excluding carboxylic acids is 2. The van der Waals surface area contributed by atoms with Crippen LogP contribution in [0.25, 0.3) is 11.1 Å². The fourth-order valence-electron chi connectivity index (χ4n) is 4.34. The Morgan fingerprint density at radius 3 is 2.08 bits per heavy atom. The van der Waals surface area contributed by atoms with E-state index in [1.165, 1.54) is 24.3 Å². The summed E-state index contributed by atoms with van der Waals surface area (Å²) in [4.78, 5) is 26.6. The van der Waals surface area contributed by atoms with Crippen LogP contribution in [-0.4, -0.2) is 42.3 Å². The van der Waals surface area contributed by atoms with E-state index < -0.39 is 12.3 Å². The van der Waals surface area contributed by atoms with Crippen molar-refractivity contribution in [2.45, 2.75) is 38.3 Å². The van der Waals surface area contributed by atoms with Gasteiger partial charge in [-0.2, -0.15) is 0 Å². The van der Waals surface area contributed by atoms with Gasteiger partial charge in [-0.15, -0.1) is 13.2 Å². The number of carbonyl (C=O) groups is 2. The molecule has 0 spiro atoms. The number of alkyl halides is 3. The van der Waals surface area contributed by atoms with E-state index in [1.54, 1.807) is 17.0 Å². The smallest absolute Gasteiger partial charge is 0.489 e. The number of likely N-dealkylation sites (tertiary alicyclic amines) is 1. The molecule has 38 heavy (non-hydrogen) atoms. The maximum Gasteiger partial charge on any atom is 0.573 e. The number of halogens is 3. The number of nitrogens with two attached hydrogens (primary N) is 2. The lowest BCUT2D eigenvalue weighted by Gasteiger charge is -2.32. The highest BCUT2D eigenvalue weighted by atomic mass is 19.4. The normalized spacial score (nSPS) is 14.3. The zero-order valence-electron chi connectivity index (χ0n) is 20.5. The Morgan fingerprint density at radius 2 is 1.50 bits per heavy atom. The number of benzene rings is 3. The van der Waals surface area contributed by atoms with Crippen molar-refractivity contribution < 1.29 is 32.2 Å². The van der Waals surface area contributed by atoms with Gasteiger partial charge >= 0.3 is 6.36 Å². The zero-order chi connectivity index (χ0) is 27.3. The summed E-state index contributed by atoms with van der Waals surface area (Å²) in [5.41, 5.74) is 14.9. The van der Waals surface area contributed by atoms with Gasteiger partial charge in [0.1, 0.15) is 17.6 Å². The third-order valence-electron chi connectivity index (χ3n) is 6.37. The van der Waals surface area contributed by atoms with E-state index in [0.717, 1.165) is 16.7 Å². The first-order chi connectivity index (χ1) is 18.1. The molecule has 0 aliphatic carbocycles. The molecule has 200 valence electrons. The van der Waals surface area contributed by atoms with E-state index in [-0.39, 0.29) is 29.7 Å². The molecule has 10 heteroatoms. The van der Waals surface area contributed by atoms with Crippen molar-refractivity contribution in [1.29, 1.82) is 0 Å². The highest BCUT2D eigenvalue weighted by molar-refractivity contribution is 5.97. The van der Waals surface area contributed by atoms with E-state index in [2.05, 4.69) is 4.74 Å². The average molecular weight is 528 g/mol. The second kappa shape index (κ2) is 11.6. The molecule has 1 aliphatic heterocycles. The van der Waals surface area contributed by atoms with Gasteiger partial charge in [0, 0.05) is 32.5 Å². The van der Waals surface area contributed by atoms with Crippen LogP contribution in [0.15, 0.2) is 66.7 Å². The van der Waals surface area contributed by atoms with Crippen LogP contribution in [0.4, 0.5) is 13.2 Å². The third-order valence-corrected chi connectivity index (χ3v) is 6.37. The fraction of sp³-hybridized carbons (Fsp3) is 0.286. The highest BCUT2D eigenvalue weighted by Gasteiger charge is 2.31. The van der Waals surface area contributed by atoms with Crippen molar-refractivity contribution in [2.24, 2.45) is 11.5 Å². The molecule has 1 saturated heterocycles. The Hall–Kier alpha value is -4.05. The summed E-state index contributed by atoms with van der Waals surface area (Å²) >= 11 is 0. The van der Waals surface area contributed by atoms with Gasteiger partial charge in [0.15, 0.2) is 0 Å². The summed E-state index contributed by atoms with van der Waals surface area (Å²) in [6, 6.07) is 18.3. The molecule has 4 N–H and O–H groups in total. The quantitative estimate of drug-likeness (QED) is 0.451. The minimum absolute atomic E-state index is 0.0668. The standard InChI is InChI=1S/C28H28F3N3O4/c29-28(30,31)38-23-8-3-18(4-9-23)15-26(35)34-13-11-22(12-14-34)37-25-10-7-21(16-24(25)27(33)36)20-5-1-19(17-32)2-6-20/h1-10,16,22H,11-15,17,32H2,(H2,33,36). The molecule has 3 aromatic rings. The minimum atomic E-state index is -4.76. The highest BCUT2D eigenvalue weighted by Crippen LogP contribution is 2.29. The summed E-state index contributed by atoms with van der Waals surface area (Å²) in [7, 11) is 0. The van der Waals surface area contributed by atoms with Crippen molar-refractivity contribution in [3.05, 3.63) is 83.4 Å². The lowest BCUT2D eigenvalue weighted by Crippen LogP contribution is -2.42. The Morgan fingerprint density at radius 1 is 0.895 bits per heavy atom. The summed E-state index contributed by atoms with van der Waals surface area (Å²) in [6.45, 7) is 1.35. The van der Waals surface area contributed by atoms with E-state index >= 15 is 0 Å². The monoisotopic (exact) mass is 527 g/mol. The Labute approximate surface area is 218 Å². The van der Waals surface area contributed by atoms with Crippen LogP contribution in [0.2, 0.25) is 0 Å². The predicted molar refractivity (Wildman–Crippen MR) is 135 cm³/mol. The summed E-state index contributed by atoms with van der Waals surface area (Å²) < 4.78 is 46.9. The van der Waals surface area contributed by atoms with Crippen molar-refractivity contribution >= 4 is 11.8 Å². The first-order valence-corrected chi connectivity index (χ1v) is 12.1. The molecular formula is C28H28F3N3O4. The van der Waals surface area contributed by atoms with Gasteiger partial charge in [0.05, 0.1) is 12.0 Å². The van der Waals surface area contributed by atoms with Crippen LogP contribution in [-0.2, 0) is 17.8 Å². The van der Waals surface area contributed by atoms with Gasteiger partial charge in [0.25, 0.3) is 5.91 Å². The Bertz CT molecular complexity index is 1270. The maximum atomic E-state index is 12.7. The molecule has 0 radical (unpaired) electrons. The van der Waals surface area contributed by atoms with Crippen LogP contribution < -0.4 is 20.9 Å². The van der Waals surface area contributed by atoms with Gasteiger partial charge in [-0.05, 0) is 46.5 Å². The van der Waals surface area contributed by atoms with E-state index in [0.29, 0.717) is 43.8 Å². The van der Waals surface area contributed by atoms with Crippen molar-refractivity contribution in [1.82, 2.24) is 4.90 Å². The third kappa shape index (κ3) is 7.04. The summed E-state index contributed by atoms with van der Waals surface area (Å²) in [5, 5.41) is 0. The van der Waals surface area contributed by atoms with E-state index in [9.17, 15) is 22.8 Å². The lowest BCUT2D eigenvalue weighted by atomic mass is 10.0. The zero-order valence-corrected chi connectivity index (χ0v) is 20.5. The van der Waals surface area contributed by atoms with Gasteiger partial charge in [-0.1, -0.05) is 42.5 Å². The maximum absolute atomic E-state index is 12.7.